The van der Waals surface area contributed by atoms with Crippen LogP contribution in [0.25, 0.3) is 0 Å². The van der Waals surface area contributed by atoms with Crippen LogP contribution >= 0.6 is 0 Å². The molecule has 0 spiro atoms. The molecule has 0 unspecified atom stereocenters. The normalized spacial score (nSPS) is 17.4. The molecule has 1 aliphatic heterocycles. The van der Waals surface area contributed by atoms with Crippen LogP contribution in [0.4, 0.5) is 5.69 Å². The molecule has 2 N–H and O–H groups in total. The molecule has 0 atom stereocenters. The van der Waals surface area contributed by atoms with Gasteiger partial charge in [-0.25, -0.2) is 0 Å². The van der Waals surface area contributed by atoms with E-state index in [1.54, 1.807) is 29.2 Å². The molecular formula is C22H31N3O4. The minimum absolute atomic E-state index is 0.0608. The lowest BCUT2D eigenvalue weighted by Crippen LogP contribution is -2.37. The summed E-state index contributed by atoms with van der Waals surface area (Å²) in [5, 5.41) is 5.43. The smallest absolute Gasteiger partial charge is 0.251 e. The Morgan fingerprint density at radius 3 is 2.48 bits per heavy atom. The van der Waals surface area contributed by atoms with E-state index in [-0.39, 0.29) is 24.3 Å². The Labute approximate surface area is 172 Å². The van der Waals surface area contributed by atoms with Crippen molar-refractivity contribution in [1.29, 1.82) is 0 Å². The summed E-state index contributed by atoms with van der Waals surface area (Å²) in [5.41, 5.74) is 1.27. The average Bonchev–Trinajstić information content (AvgIpc) is 3.18. The molecule has 3 amide bonds. The van der Waals surface area contributed by atoms with Gasteiger partial charge < -0.3 is 20.3 Å². The maximum absolute atomic E-state index is 12.2. The molecule has 0 radical (unpaired) electrons. The van der Waals surface area contributed by atoms with E-state index in [0.717, 1.165) is 37.9 Å². The van der Waals surface area contributed by atoms with Crippen molar-refractivity contribution in [3.8, 4) is 0 Å². The highest BCUT2D eigenvalue weighted by molar-refractivity contribution is 5.98. The van der Waals surface area contributed by atoms with Crippen molar-refractivity contribution < 1.29 is 19.1 Å². The van der Waals surface area contributed by atoms with E-state index >= 15 is 0 Å². The molecule has 29 heavy (non-hydrogen) atoms. The first-order valence-corrected chi connectivity index (χ1v) is 10.7. The van der Waals surface area contributed by atoms with E-state index in [4.69, 9.17) is 4.74 Å². The van der Waals surface area contributed by atoms with Crippen LogP contribution in [0.2, 0.25) is 0 Å². The summed E-state index contributed by atoms with van der Waals surface area (Å²) in [6.45, 7) is 1.86. The van der Waals surface area contributed by atoms with Crippen LogP contribution in [0.5, 0.6) is 0 Å². The molecule has 1 heterocycles. The van der Waals surface area contributed by atoms with Crippen LogP contribution in [0.3, 0.4) is 0 Å². The molecule has 7 heteroatoms. The van der Waals surface area contributed by atoms with Crippen molar-refractivity contribution in [3.63, 3.8) is 0 Å². The topological polar surface area (TPSA) is 87.7 Å². The number of amides is 3. The summed E-state index contributed by atoms with van der Waals surface area (Å²) in [6, 6.07) is 6.89. The lowest BCUT2D eigenvalue weighted by Gasteiger charge is -2.21. The number of anilines is 1. The number of rotatable bonds is 9. The summed E-state index contributed by atoms with van der Waals surface area (Å²) in [7, 11) is 0. The van der Waals surface area contributed by atoms with Crippen LogP contribution in [0.1, 0.15) is 61.7 Å². The number of hydrogen-bond acceptors (Lipinski definition) is 4. The fourth-order valence-electron chi connectivity index (χ4n) is 3.82. The second-order valence-electron chi connectivity index (χ2n) is 7.71. The summed E-state index contributed by atoms with van der Waals surface area (Å²) < 4.78 is 5.83. The van der Waals surface area contributed by atoms with Gasteiger partial charge in [-0.2, -0.15) is 0 Å². The second-order valence-corrected chi connectivity index (χ2v) is 7.71. The first-order valence-electron chi connectivity index (χ1n) is 10.7. The number of benzene rings is 1. The third-order valence-corrected chi connectivity index (χ3v) is 5.47. The molecule has 1 aliphatic carbocycles. The van der Waals surface area contributed by atoms with Crippen molar-refractivity contribution in [2.24, 2.45) is 0 Å². The molecule has 1 saturated carbocycles. The SMILES string of the molecule is O=C(CNC(=O)c1ccc(N2CCCC2=O)cc1)NCCCOC1CCCCC1. The van der Waals surface area contributed by atoms with Crippen LogP contribution in [0, 0.1) is 0 Å². The van der Waals surface area contributed by atoms with Crippen molar-refractivity contribution >= 4 is 23.4 Å². The summed E-state index contributed by atoms with van der Waals surface area (Å²) in [4.78, 5) is 37.6. The van der Waals surface area contributed by atoms with Crippen LogP contribution in [0.15, 0.2) is 24.3 Å². The third-order valence-electron chi connectivity index (χ3n) is 5.47. The van der Waals surface area contributed by atoms with Gasteiger partial charge in [0.1, 0.15) is 0 Å². The maximum atomic E-state index is 12.2. The Morgan fingerprint density at radius 2 is 1.79 bits per heavy atom. The van der Waals surface area contributed by atoms with E-state index < -0.39 is 0 Å². The number of nitrogens with one attached hydrogen (secondary N) is 2. The fraction of sp³-hybridized carbons (Fsp3) is 0.591. The van der Waals surface area contributed by atoms with E-state index in [9.17, 15) is 14.4 Å². The van der Waals surface area contributed by atoms with E-state index in [2.05, 4.69) is 10.6 Å². The van der Waals surface area contributed by atoms with Crippen LogP contribution in [-0.2, 0) is 14.3 Å². The van der Waals surface area contributed by atoms with Crippen molar-refractivity contribution in [3.05, 3.63) is 29.8 Å². The molecule has 7 nitrogen and oxygen atoms in total. The summed E-state index contributed by atoms with van der Waals surface area (Å²) >= 11 is 0. The van der Waals surface area contributed by atoms with Gasteiger partial charge in [0.25, 0.3) is 5.91 Å². The highest BCUT2D eigenvalue weighted by Crippen LogP contribution is 2.22. The zero-order valence-electron chi connectivity index (χ0n) is 17.0. The highest BCUT2D eigenvalue weighted by Gasteiger charge is 2.21. The molecule has 1 saturated heterocycles. The average molecular weight is 402 g/mol. The van der Waals surface area contributed by atoms with Gasteiger partial charge in [-0.3, -0.25) is 14.4 Å². The minimum Gasteiger partial charge on any atom is -0.378 e. The Bertz CT molecular complexity index is 699. The lowest BCUT2D eigenvalue weighted by atomic mass is 9.98. The Hall–Kier alpha value is -2.41. The van der Waals surface area contributed by atoms with Gasteiger partial charge in [0.05, 0.1) is 12.6 Å². The minimum atomic E-state index is -0.305. The predicted molar refractivity (Wildman–Crippen MR) is 111 cm³/mol. The molecule has 2 fully saturated rings. The predicted octanol–water partition coefficient (Wildman–Crippen LogP) is 2.40. The molecule has 1 aromatic carbocycles. The molecule has 0 bridgehead atoms. The van der Waals surface area contributed by atoms with Gasteiger partial charge in [0, 0.05) is 37.4 Å². The second kappa shape index (κ2) is 11.0. The standard InChI is InChI=1S/C22H31N3O4/c26-20(23-13-5-15-29-19-6-2-1-3-7-19)16-24-22(28)17-9-11-18(12-10-17)25-14-4-8-21(25)27/h9-12,19H,1-8,13-16H2,(H,23,26)(H,24,28). The van der Waals surface area contributed by atoms with Crippen LogP contribution in [-0.4, -0.2) is 50.1 Å². The maximum Gasteiger partial charge on any atom is 0.251 e. The van der Waals surface area contributed by atoms with Crippen molar-refractivity contribution in [2.75, 3.05) is 31.1 Å². The van der Waals surface area contributed by atoms with Gasteiger partial charge in [0.2, 0.25) is 11.8 Å². The zero-order chi connectivity index (χ0) is 20.5. The molecule has 1 aromatic rings. The Balaban J connectivity index is 1.30. The molecule has 2 aliphatic rings. The lowest BCUT2D eigenvalue weighted by molar-refractivity contribution is -0.120. The van der Waals surface area contributed by atoms with E-state index in [1.165, 1.54) is 19.3 Å². The molecule has 158 valence electrons. The first kappa shape index (κ1) is 21.3. The van der Waals surface area contributed by atoms with Crippen LogP contribution < -0.4 is 15.5 Å². The number of nitrogens with zero attached hydrogens (tertiary/aromatic N) is 1. The zero-order valence-corrected chi connectivity index (χ0v) is 17.0. The summed E-state index contributed by atoms with van der Waals surface area (Å²) in [5.74, 6) is -0.404. The highest BCUT2D eigenvalue weighted by atomic mass is 16.5. The quantitative estimate of drug-likeness (QED) is 0.622. The fourth-order valence-corrected chi connectivity index (χ4v) is 3.82. The van der Waals surface area contributed by atoms with Gasteiger partial charge in [-0.1, -0.05) is 19.3 Å². The van der Waals surface area contributed by atoms with E-state index in [0.29, 0.717) is 31.2 Å². The van der Waals surface area contributed by atoms with Gasteiger partial charge in [-0.15, -0.1) is 0 Å². The first-order chi connectivity index (χ1) is 14.1. The van der Waals surface area contributed by atoms with Crippen molar-refractivity contribution in [2.45, 2.75) is 57.5 Å². The largest absolute Gasteiger partial charge is 0.378 e. The number of carbonyl (C=O) groups is 3. The number of ether oxygens (including phenoxy) is 1. The molecular weight excluding hydrogens is 370 g/mol. The monoisotopic (exact) mass is 401 g/mol. The third kappa shape index (κ3) is 6.56. The Morgan fingerprint density at radius 1 is 1.03 bits per heavy atom. The van der Waals surface area contributed by atoms with Gasteiger partial charge >= 0.3 is 0 Å². The molecule has 0 aromatic heterocycles. The van der Waals surface area contributed by atoms with Gasteiger partial charge in [0.15, 0.2) is 0 Å². The van der Waals surface area contributed by atoms with E-state index in [1.807, 2.05) is 0 Å². The number of carbonyl (C=O) groups excluding carboxylic acids is 3. The summed E-state index contributed by atoms with van der Waals surface area (Å²) in [6.07, 6.45) is 8.69. The molecule has 3 rings (SSSR count). The Kier molecular flexibility index (Phi) is 8.04. The van der Waals surface area contributed by atoms with Gasteiger partial charge in [-0.05, 0) is 49.9 Å². The number of hydrogen-bond donors (Lipinski definition) is 2. The van der Waals surface area contributed by atoms with Crippen molar-refractivity contribution in [1.82, 2.24) is 10.6 Å².